The summed E-state index contributed by atoms with van der Waals surface area (Å²) in [4.78, 5) is 55.0. The zero-order chi connectivity index (χ0) is 21.2. The Kier molecular flexibility index (Phi) is 9.56. The smallest absolute Gasteiger partial charge is 0.356 e. The number of hydrogen-bond donors (Lipinski definition) is 2. The van der Waals surface area contributed by atoms with Crippen LogP contribution in [0.25, 0.3) is 0 Å². The maximum atomic E-state index is 12.1. The van der Waals surface area contributed by atoms with E-state index in [0.29, 0.717) is 6.42 Å². The van der Waals surface area contributed by atoms with Crippen molar-refractivity contribution >= 4 is 23.8 Å². The second-order valence-corrected chi connectivity index (χ2v) is 5.66. The molecule has 0 aliphatic carbocycles. The molecule has 0 radical (unpaired) electrons. The van der Waals surface area contributed by atoms with E-state index in [1.54, 1.807) is 0 Å². The third kappa shape index (κ3) is 6.63. The van der Waals surface area contributed by atoms with Crippen LogP contribution < -0.4 is 10.6 Å². The monoisotopic (exact) mass is 418 g/mol. The van der Waals surface area contributed by atoms with E-state index in [9.17, 15) is 19.2 Å². The fraction of sp³-hybridized carbons (Fsp3) is 0.263. The van der Waals surface area contributed by atoms with Gasteiger partial charge in [-0.2, -0.15) is 0 Å². The van der Waals surface area contributed by atoms with Gasteiger partial charge in [-0.1, -0.05) is 12.1 Å². The van der Waals surface area contributed by atoms with E-state index < -0.39 is 23.8 Å². The lowest BCUT2D eigenvalue weighted by atomic mass is 10.2. The highest BCUT2D eigenvalue weighted by Gasteiger charge is 2.13. The molecule has 2 heterocycles. The molecule has 0 saturated carbocycles. The summed E-state index contributed by atoms with van der Waals surface area (Å²) in [5, 5.41) is 5.29. The second kappa shape index (κ2) is 11.9. The lowest BCUT2D eigenvalue weighted by molar-refractivity contribution is 0.0584. The molecule has 0 aliphatic rings. The van der Waals surface area contributed by atoms with Gasteiger partial charge in [0.25, 0.3) is 11.8 Å². The Morgan fingerprint density at radius 1 is 0.733 bits per heavy atom. The van der Waals surface area contributed by atoms with Gasteiger partial charge in [-0.3, -0.25) is 9.59 Å². The van der Waals surface area contributed by atoms with Gasteiger partial charge < -0.3 is 25.6 Å². The summed E-state index contributed by atoms with van der Waals surface area (Å²) in [5.74, 6) is -2.16. The van der Waals surface area contributed by atoms with Gasteiger partial charge in [0.1, 0.15) is 22.8 Å². The lowest BCUT2D eigenvalue weighted by Crippen LogP contribution is -2.31. The fourth-order valence-corrected chi connectivity index (χ4v) is 2.23. The van der Waals surface area contributed by atoms with Crippen LogP contribution >= 0.6 is 0 Å². The fourth-order valence-electron chi connectivity index (χ4n) is 2.23. The second-order valence-electron chi connectivity index (χ2n) is 5.66. The van der Waals surface area contributed by atoms with Crippen LogP contribution in [-0.4, -0.2) is 66.5 Å². The number of esters is 2. The molecular weight excluding hydrogens is 396 g/mol. The number of pyridine rings is 2. The topological polar surface area (TPSA) is 168 Å². The number of aromatic nitrogens is 2. The van der Waals surface area contributed by atoms with Crippen molar-refractivity contribution in [2.24, 2.45) is 0 Å². The van der Waals surface area contributed by atoms with E-state index in [1.807, 2.05) is 0 Å². The zero-order valence-corrected chi connectivity index (χ0v) is 16.4. The standard InChI is InChI=1S/C19H20N4O6.H2O/c1-28-18(26)14-8-3-6-12(22-14)16(24)20-10-5-11-21-17(25)13-7-4-9-15(23-13)19(27)29-2;/h3-4,6-9H,5,10-11H2,1-2H3,(H,20,24)(H,21,25);1H2. The van der Waals surface area contributed by atoms with Gasteiger partial charge in [0.05, 0.1) is 14.2 Å². The first-order chi connectivity index (χ1) is 14.0. The van der Waals surface area contributed by atoms with Crippen molar-refractivity contribution in [3.63, 3.8) is 0 Å². The summed E-state index contributed by atoms with van der Waals surface area (Å²) < 4.78 is 9.13. The molecule has 160 valence electrons. The van der Waals surface area contributed by atoms with Crippen molar-refractivity contribution in [1.29, 1.82) is 0 Å². The molecule has 0 atom stereocenters. The minimum atomic E-state index is -0.632. The number of amides is 2. The van der Waals surface area contributed by atoms with Crippen LogP contribution in [0.3, 0.4) is 0 Å². The van der Waals surface area contributed by atoms with E-state index >= 15 is 0 Å². The molecule has 2 aromatic rings. The molecule has 0 unspecified atom stereocenters. The molecule has 0 saturated heterocycles. The van der Waals surface area contributed by atoms with Crippen molar-refractivity contribution in [3.8, 4) is 0 Å². The molecule has 0 spiro atoms. The average molecular weight is 418 g/mol. The molecule has 0 aromatic carbocycles. The SMILES string of the molecule is COC(=O)c1cccc(C(=O)NCCCNC(=O)c2cccc(C(=O)OC)n2)n1.O. The minimum Gasteiger partial charge on any atom is -0.464 e. The Bertz CT molecular complexity index is 844. The highest BCUT2D eigenvalue weighted by molar-refractivity contribution is 5.95. The van der Waals surface area contributed by atoms with Crippen LogP contribution in [0, 0.1) is 0 Å². The van der Waals surface area contributed by atoms with Gasteiger partial charge >= 0.3 is 11.9 Å². The number of nitrogens with zero attached hydrogens (tertiary/aromatic N) is 2. The van der Waals surface area contributed by atoms with E-state index in [0.717, 1.165) is 0 Å². The van der Waals surface area contributed by atoms with Gasteiger partial charge in [0, 0.05) is 13.1 Å². The Balaban J connectivity index is 0.00000450. The molecule has 2 rings (SSSR count). The van der Waals surface area contributed by atoms with Gasteiger partial charge in [0.15, 0.2) is 0 Å². The van der Waals surface area contributed by atoms with Crippen LogP contribution in [0.4, 0.5) is 0 Å². The predicted molar refractivity (Wildman–Crippen MR) is 104 cm³/mol. The zero-order valence-electron chi connectivity index (χ0n) is 16.4. The van der Waals surface area contributed by atoms with Crippen LogP contribution in [0.2, 0.25) is 0 Å². The van der Waals surface area contributed by atoms with E-state index in [4.69, 9.17) is 0 Å². The van der Waals surface area contributed by atoms with Crippen LogP contribution in [0.5, 0.6) is 0 Å². The third-order valence-electron chi connectivity index (χ3n) is 3.68. The maximum Gasteiger partial charge on any atom is 0.356 e. The third-order valence-corrected chi connectivity index (χ3v) is 3.68. The minimum absolute atomic E-state index is 0. The van der Waals surface area contributed by atoms with Gasteiger partial charge in [0.2, 0.25) is 0 Å². The average Bonchev–Trinajstić information content (AvgIpc) is 2.77. The Hall–Kier alpha value is -3.86. The number of carbonyl (C=O) groups is 4. The number of ether oxygens (including phenoxy) is 2. The number of rotatable bonds is 8. The molecule has 30 heavy (non-hydrogen) atoms. The molecule has 11 heteroatoms. The first-order valence-corrected chi connectivity index (χ1v) is 8.63. The van der Waals surface area contributed by atoms with Crippen LogP contribution in [0.15, 0.2) is 36.4 Å². The van der Waals surface area contributed by atoms with Gasteiger partial charge in [-0.25, -0.2) is 19.6 Å². The molecule has 4 N–H and O–H groups in total. The summed E-state index contributed by atoms with van der Waals surface area (Å²) in [6, 6.07) is 8.91. The maximum absolute atomic E-state index is 12.1. The van der Waals surface area contributed by atoms with Crippen LogP contribution in [0.1, 0.15) is 48.4 Å². The molecular formula is C19H22N4O7. The highest BCUT2D eigenvalue weighted by Crippen LogP contribution is 2.02. The van der Waals surface area contributed by atoms with E-state index in [2.05, 4.69) is 30.1 Å². The number of carbonyl (C=O) groups excluding carboxylic acids is 4. The van der Waals surface area contributed by atoms with E-state index in [-0.39, 0.29) is 41.3 Å². The van der Waals surface area contributed by atoms with Crippen LogP contribution in [-0.2, 0) is 9.47 Å². The quantitative estimate of drug-likeness (QED) is 0.438. The lowest BCUT2D eigenvalue weighted by Gasteiger charge is -2.07. The first-order valence-electron chi connectivity index (χ1n) is 8.63. The van der Waals surface area contributed by atoms with Crippen molar-refractivity contribution in [2.45, 2.75) is 6.42 Å². The molecule has 2 amide bonds. The summed E-state index contributed by atoms with van der Waals surface area (Å²) in [6.07, 6.45) is 0.449. The summed E-state index contributed by atoms with van der Waals surface area (Å²) >= 11 is 0. The number of hydrogen-bond acceptors (Lipinski definition) is 8. The number of methoxy groups -OCH3 is 2. The largest absolute Gasteiger partial charge is 0.464 e. The molecule has 11 nitrogen and oxygen atoms in total. The van der Waals surface area contributed by atoms with Gasteiger partial charge in [-0.05, 0) is 30.7 Å². The Morgan fingerprint density at radius 2 is 1.10 bits per heavy atom. The number of nitrogens with one attached hydrogen (secondary N) is 2. The van der Waals surface area contributed by atoms with Crippen molar-refractivity contribution < 1.29 is 34.1 Å². The predicted octanol–water partition coefficient (Wildman–Crippen LogP) is -0.225. The highest BCUT2D eigenvalue weighted by atomic mass is 16.5. The van der Waals surface area contributed by atoms with E-state index in [1.165, 1.54) is 50.6 Å². The summed E-state index contributed by atoms with van der Waals surface area (Å²) in [7, 11) is 2.46. The first kappa shape index (κ1) is 24.2. The summed E-state index contributed by atoms with van der Waals surface area (Å²) in [6.45, 7) is 0.553. The summed E-state index contributed by atoms with van der Waals surface area (Å²) in [5.41, 5.74) is 0.240. The molecule has 2 aromatic heterocycles. The van der Waals surface area contributed by atoms with Crippen molar-refractivity contribution in [2.75, 3.05) is 27.3 Å². The molecule has 0 aliphatic heterocycles. The molecule has 0 bridgehead atoms. The normalized spacial score (nSPS) is 9.67. The Labute approximate surface area is 172 Å². The van der Waals surface area contributed by atoms with Gasteiger partial charge in [-0.15, -0.1) is 0 Å². The molecule has 0 fully saturated rings. The van der Waals surface area contributed by atoms with Crippen molar-refractivity contribution in [1.82, 2.24) is 20.6 Å². The van der Waals surface area contributed by atoms with Crippen molar-refractivity contribution in [3.05, 3.63) is 59.2 Å². The Morgan fingerprint density at radius 3 is 1.47 bits per heavy atom.